The fourth-order valence-electron chi connectivity index (χ4n) is 1.51. The van der Waals surface area contributed by atoms with E-state index in [0.29, 0.717) is 0 Å². The highest BCUT2D eigenvalue weighted by atomic mass is 16.5. The predicted molar refractivity (Wildman–Crippen MR) is 76.9 cm³/mol. The van der Waals surface area contributed by atoms with E-state index in [-0.39, 0.29) is 12.0 Å². The zero-order chi connectivity index (χ0) is 15.0. The van der Waals surface area contributed by atoms with Crippen LogP contribution in [0.5, 0.6) is 0 Å². The van der Waals surface area contributed by atoms with Crippen molar-refractivity contribution in [2.45, 2.75) is 13.3 Å². The first-order chi connectivity index (χ1) is 9.56. The highest BCUT2D eigenvalue weighted by molar-refractivity contribution is 5.94. The number of benzene rings is 1. The Kier molecular flexibility index (Phi) is 6.23. The summed E-state index contributed by atoms with van der Waals surface area (Å²) in [7, 11) is 2.55. The summed E-state index contributed by atoms with van der Waals surface area (Å²) in [5.41, 5.74) is 2.44. The second-order valence-corrected chi connectivity index (χ2v) is 4.21. The van der Waals surface area contributed by atoms with Gasteiger partial charge in [-0.3, -0.25) is 4.79 Å². The van der Waals surface area contributed by atoms with Crippen LogP contribution in [0.3, 0.4) is 0 Å². The second-order valence-electron chi connectivity index (χ2n) is 4.21. The van der Waals surface area contributed by atoms with E-state index < -0.39 is 11.9 Å². The van der Waals surface area contributed by atoms with Gasteiger partial charge in [-0.1, -0.05) is 48.1 Å². The van der Waals surface area contributed by atoms with Gasteiger partial charge in [-0.05, 0) is 12.5 Å². The van der Waals surface area contributed by atoms with Gasteiger partial charge in [0.2, 0.25) is 0 Å². The third-order valence-electron chi connectivity index (χ3n) is 2.67. The van der Waals surface area contributed by atoms with Crippen molar-refractivity contribution in [3.63, 3.8) is 0 Å². The number of esters is 2. The van der Waals surface area contributed by atoms with Crippen LogP contribution >= 0.6 is 0 Å². The molecule has 106 valence electrons. The maximum atomic E-state index is 11.5. The quantitative estimate of drug-likeness (QED) is 0.470. The number of rotatable bonds is 5. The molecule has 0 heterocycles. The SMILES string of the molecule is COC(=O)C/C(=C\C=C\c1ccc(C)cc1)C(=O)OC. The molecular formula is C16H18O4. The van der Waals surface area contributed by atoms with Crippen LogP contribution in [-0.2, 0) is 19.1 Å². The van der Waals surface area contributed by atoms with Crippen LogP contribution in [0.25, 0.3) is 6.08 Å². The van der Waals surface area contributed by atoms with Gasteiger partial charge < -0.3 is 9.47 Å². The normalized spacial score (nSPS) is 11.4. The molecule has 0 aliphatic carbocycles. The van der Waals surface area contributed by atoms with Gasteiger partial charge in [-0.25, -0.2) is 4.79 Å². The van der Waals surface area contributed by atoms with E-state index >= 15 is 0 Å². The molecule has 0 fully saturated rings. The van der Waals surface area contributed by atoms with Crippen LogP contribution in [0.15, 0.2) is 42.0 Å². The molecule has 4 heteroatoms. The summed E-state index contributed by atoms with van der Waals surface area (Å²) in [6, 6.07) is 7.94. The zero-order valence-corrected chi connectivity index (χ0v) is 11.9. The molecule has 0 bridgehead atoms. The van der Waals surface area contributed by atoms with Crippen molar-refractivity contribution in [2.24, 2.45) is 0 Å². The first-order valence-electron chi connectivity index (χ1n) is 6.16. The highest BCUT2D eigenvalue weighted by Gasteiger charge is 2.13. The minimum Gasteiger partial charge on any atom is -0.469 e. The number of hydrogen-bond donors (Lipinski definition) is 0. The Hall–Kier alpha value is -2.36. The Labute approximate surface area is 118 Å². The molecule has 1 aromatic carbocycles. The van der Waals surface area contributed by atoms with Crippen molar-refractivity contribution < 1.29 is 19.1 Å². The van der Waals surface area contributed by atoms with Gasteiger partial charge in [0.15, 0.2) is 0 Å². The van der Waals surface area contributed by atoms with E-state index in [1.165, 1.54) is 19.8 Å². The van der Waals surface area contributed by atoms with E-state index in [2.05, 4.69) is 9.47 Å². The standard InChI is InChI=1S/C16H18O4/c1-12-7-9-13(10-8-12)5-4-6-14(16(18)20-3)11-15(17)19-2/h4-10H,11H2,1-3H3/b5-4+,14-6+. The fraction of sp³-hybridized carbons (Fsp3) is 0.250. The molecule has 1 aromatic rings. The summed E-state index contributed by atoms with van der Waals surface area (Å²) in [5, 5.41) is 0. The van der Waals surface area contributed by atoms with Gasteiger partial charge in [0.1, 0.15) is 0 Å². The van der Waals surface area contributed by atoms with Crippen LogP contribution in [-0.4, -0.2) is 26.2 Å². The largest absolute Gasteiger partial charge is 0.469 e. The van der Waals surface area contributed by atoms with Crippen molar-refractivity contribution >= 4 is 18.0 Å². The smallest absolute Gasteiger partial charge is 0.334 e. The lowest BCUT2D eigenvalue weighted by atomic mass is 10.1. The zero-order valence-electron chi connectivity index (χ0n) is 11.9. The minimum absolute atomic E-state index is 0.110. The molecule has 0 atom stereocenters. The number of aryl methyl sites for hydroxylation is 1. The van der Waals surface area contributed by atoms with Crippen LogP contribution in [0, 0.1) is 6.92 Å². The van der Waals surface area contributed by atoms with E-state index in [1.807, 2.05) is 37.3 Å². The van der Waals surface area contributed by atoms with Gasteiger partial charge in [0.05, 0.1) is 20.6 Å². The molecule has 0 aliphatic rings. The lowest BCUT2D eigenvalue weighted by Crippen LogP contribution is -2.10. The van der Waals surface area contributed by atoms with Crippen molar-refractivity contribution in [1.29, 1.82) is 0 Å². The summed E-state index contributed by atoms with van der Waals surface area (Å²) >= 11 is 0. The number of ether oxygens (including phenoxy) is 2. The lowest BCUT2D eigenvalue weighted by molar-refractivity contribution is -0.143. The molecule has 0 amide bonds. The lowest BCUT2D eigenvalue weighted by Gasteiger charge is -2.02. The Morgan fingerprint density at radius 2 is 1.75 bits per heavy atom. The van der Waals surface area contributed by atoms with E-state index in [0.717, 1.165) is 5.56 Å². The molecule has 0 saturated heterocycles. The summed E-state index contributed by atoms with van der Waals surface area (Å²) < 4.78 is 9.17. The van der Waals surface area contributed by atoms with E-state index in [9.17, 15) is 9.59 Å². The number of allylic oxidation sites excluding steroid dienone is 2. The topological polar surface area (TPSA) is 52.6 Å². The monoisotopic (exact) mass is 274 g/mol. The van der Waals surface area contributed by atoms with Crippen molar-refractivity contribution in [2.75, 3.05) is 14.2 Å². The molecule has 0 unspecified atom stereocenters. The Morgan fingerprint density at radius 3 is 2.30 bits per heavy atom. The third-order valence-corrected chi connectivity index (χ3v) is 2.67. The Balaban J connectivity index is 2.82. The van der Waals surface area contributed by atoms with Crippen molar-refractivity contribution in [3.05, 3.63) is 53.1 Å². The maximum Gasteiger partial charge on any atom is 0.334 e. The van der Waals surface area contributed by atoms with E-state index in [1.54, 1.807) is 12.2 Å². The summed E-state index contributed by atoms with van der Waals surface area (Å²) in [6.45, 7) is 2.01. The molecule has 0 aromatic heterocycles. The third kappa shape index (κ3) is 5.10. The molecular weight excluding hydrogens is 256 g/mol. The van der Waals surface area contributed by atoms with Crippen LogP contribution in [0.4, 0.5) is 0 Å². The molecule has 0 radical (unpaired) electrons. The fourth-order valence-corrected chi connectivity index (χ4v) is 1.51. The number of hydrogen-bond acceptors (Lipinski definition) is 4. The minimum atomic E-state index is -0.538. The number of methoxy groups -OCH3 is 2. The van der Waals surface area contributed by atoms with Gasteiger partial charge in [-0.2, -0.15) is 0 Å². The van der Waals surface area contributed by atoms with Gasteiger partial charge in [0.25, 0.3) is 0 Å². The first-order valence-corrected chi connectivity index (χ1v) is 6.16. The van der Waals surface area contributed by atoms with E-state index in [4.69, 9.17) is 0 Å². The first kappa shape index (κ1) is 15.7. The molecule has 20 heavy (non-hydrogen) atoms. The summed E-state index contributed by atoms with van der Waals surface area (Å²) in [4.78, 5) is 22.7. The number of carbonyl (C=O) groups excluding carboxylic acids is 2. The van der Waals surface area contributed by atoms with Crippen molar-refractivity contribution in [1.82, 2.24) is 0 Å². The number of carbonyl (C=O) groups is 2. The molecule has 0 saturated carbocycles. The average molecular weight is 274 g/mol. The molecule has 0 aliphatic heterocycles. The maximum absolute atomic E-state index is 11.5. The average Bonchev–Trinajstić information content (AvgIpc) is 2.47. The van der Waals surface area contributed by atoms with Gasteiger partial charge >= 0.3 is 11.9 Å². The van der Waals surface area contributed by atoms with Crippen molar-refractivity contribution in [3.8, 4) is 0 Å². The Bertz CT molecular complexity index is 524. The molecule has 0 N–H and O–H groups in total. The van der Waals surface area contributed by atoms with Crippen LogP contribution in [0.2, 0.25) is 0 Å². The van der Waals surface area contributed by atoms with Crippen LogP contribution in [0.1, 0.15) is 17.5 Å². The Morgan fingerprint density at radius 1 is 1.10 bits per heavy atom. The molecule has 0 spiro atoms. The van der Waals surface area contributed by atoms with Crippen LogP contribution < -0.4 is 0 Å². The molecule has 1 rings (SSSR count). The highest BCUT2D eigenvalue weighted by Crippen LogP contribution is 2.08. The van der Waals surface area contributed by atoms with Gasteiger partial charge in [0, 0.05) is 5.57 Å². The predicted octanol–water partition coefficient (Wildman–Crippen LogP) is 2.67. The molecule has 4 nitrogen and oxygen atoms in total. The van der Waals surface area contributed by atoms with Gasteiger partial charge in [-0.15, -0.1) is 0 Å². The summed E-state index contributed by atoms with van der Waals surface area (Å²) in [6.07, 6.45) is 5.00. The summed E-state index contributed by atoms with van der Waals surface area (Å²) in [5.74, 6) is -1.02. The second kappa shape index (κ2) is 7.94.